The van der Waals surface area contributed by atoms with Crippen LogP contribution in [0.25, 0.3) is 0 Å². The molecule has 2 aromatic carbocycles. The minimum atomic E-state index is -4.31. The second-order valence-electron chi connectivity index (χ2n) is 5.80. The van der Waals surface area contributed by atoms with Crippen molar-refractivity contribution in [2.45, 2.75) is 25.2 Å². The first-order valence-electron chi connectivity index (χ1n) is 7.53. The number of rotatable bonds is 3. The molecule has 1 heterocycles. The maximum atomic E-state index is 12.8. The normalized spacial score (nSPS) is 17.7. The zero-order valence-electron chi connectivity index (χ0n) is 12.8. The molecule has 1 aliphatic heterocycles. The summed E-state index contributed by atoms with van der Waals surface area (Å²) in [7, 11) is 1.94. The van der Waals surface area contributed by atoms with E-state index < -0.39 is 11.7 Å². The van der Waals surface area contributed by atoms with E-state index in [9.17, 15) is 13.2 Å². The fourth-order valence-corrected chi connectivity index (χ4v) is 3.03. The summed E-state index contributed by atoms with van der Waals surface area (Å²) in [4.78, 5) is 2.08. The summed E-state index contributed by atoms with van der Waals surface area (Å²) in [5.74, 6) is 0.861. The van der Waals surface area contributed by atoms with Crippen LogP contribution >= 0.6 is 0 Å². The highest BCUT2D eigenvalue weighted by Gasteiger charge is 2.31. The molecule has 23 heavy (non-hydrogen) atoms. The minimum absolute atomic E-state index is 0.148. The van der Waals surface area contributed by atoms with Crippen LogP contribution < -0.4 is 4.74 Å². The third-order valence-electron chi connectivity index (χ3n) is 4.15. The van der Waals surface area contributed by atoms with Gasteiger partial charge in [-0.2, -0.15) is 13.2 Å². The summed E-state index contributed by atoms with van der Waals surface area (Å²) in [6, 6.07) is 13.5. The Morgan fingerprint density at radius 1 is 1.13 bits per heavy atom. The van der Waals surface area contributed by atoms with Crippen LogP contribution in [0.3, 0.4) is 0 Å². The van der Waals surface area contributed by atoms with E-state index in [1.165, 1.54) is 12.1 Å². The molecular formula is C18H18F3NO. The number of halogens is 3. The second kappa shape index (κ2) is 6.24. The molecule has 1 aliphatic rings. The summed E-state index contributed by atoms with van der Waals surface area (Å²) in [6.07, 6.45) is -3.48. The maximum absolute atomic E-state index is 12.8. The van der Waals surface area contributed by atoms with Gasteiger partial charge in [0, 0.05) is 24.6 Å². The summed E-state index contributed by atoms with van der Waals surface area (Å²) >= 11 is 0. The van der Waals surface area contributed by atoms with Crippen molar-refractivity contribution in [3.8, 4) is 5.75 Å². The second-order valence-corrected chi connectivity index (χ2v) is 5.80. The zero-order valence-corrected chi connectivity index (χ0v) is 12.8. The van der Waals surface area contributed by atoms with Crippen molar-refractivity contribution in [2.75, 3.05) is 13.7 Å². The molecule has 0 spiro atoms. The highest BCUT2D eigenvalue weighted by molar-refractivity contribution is 5.37. The minimum Gasteiger partial charge on any atom is -0.493 e. The van der Waals surface area contributed by atoms with E-state index in [1.807, 2.05) is 31.3 Å². The van der Waals surface area contributed by atoms with Crippen molar-refractivity contribution in [3.05, 3.63) is 65.2 Å². The molecule has 0 fully saturated rings. The average Bonchev–Trinajstić information content (AvgIpc) is 2.53. The van der Waals surface area contributed by atoms with Gasteiger partial charge in [-0.25, -0.2) is 0 Å². The first kappa shape index (κ1) is 15.9. The molecule has 0 bridgehead atoms. The predicted octanol–water partition coefficient (Wildman–Crippen LogP) is 4.66. The van der Waals surface area contributed by atoms with Crippen LogP contribution in [0.4, 0.5) is 13.2 Å². The van der Waals surface area contributed by atoms with Gasteiger partial charge in [0.2, 0.25) is 0 Å². The van der Waals surface area contributed by atoms with E-state index in [4.69, 9.17) is 4.74 Å². The molecule has 0 aliphatic carbocycles. The molecule has 2 aromatic rings. The number of hydrogen-bond acceptors (Lipinski definition) is 2. The first-order valence-corrected chi connectivity index (χ1v) is 7.53. The van der Waals surface area contributed by atoms with Crippen LogP contribution in [0.15, 0.2) is 48.5 Å². The van der Waals surface area contributed by atoms with E-state index in [2.05, 4.69) is 4.90 Å². The number of benzene rings is 2. The lowest BCUT2D eigenvalue weighted by Crippen LogP contribution is -2.29. The smallest absolute Gasteiger partial charge is 0.416 e. The van der Waals surface area contributed by atoms with E-state index in [0.29, 0.717) is 18.7 Å². The van der Waals surface area contributed by atoms with Crippen molar-refractivity contribution in [1.29, 1.82) is 0 Å². The zero-order chi connectivity index (χ0) is 16.4. The van der Waals surface area contributed by atoms with E-state index in [-0.39, 0.29) is 6.04 Å². The number of para-hydroxylation sites is 1. The summed E-state index contributed by atoms with van der Waals surface area (Å²) < 4.78 is 44.1. The Hall–Kier alpha value is -2.01. The quantitative estimate of drug-likeness (QED) is 0.815. The predicted molar refractivity (Wildman–Crippen MR) is 82.2 cm³/mol. The third kappa shape index (κ3) is 3.50. The monoisotopic (exact) mass is 321 g/mol. The maximum Gasteiger partial charge on any atom is 0.416 e. The van der Waals surface area contributed by atoms with E-state index >= 15 is 0 Å². The highest BCUT2D eigenvalue weighted by Crippen LogP contribution is 2.36. The average molecular weight is 321 g/mol. The third-order valence-corrected chi connectivity index (χ3v) is 4.15. The molecule has 1 unspecified atom stereocenters. The molecule has 0 aromatic heterocycles. The van der Waals surface area contributed by atoms with Gasteiger partial charge in [0.25, 0.3) is 0 Å². The van der Waals surface area contributed by atoms with Gasteiger partial charge in [-0.05, 0) is 24.7 Å². The van der Waals surface area contributed by atoms with Crippen LogP contribution in [0.1, 0.15) is 29.2 Å². The van der Waals surface area contributed by atoms with Crippen LogP contribution in [-0.4, -0.2) is 18.6 Å². The molecule has 0 saturated heterocycles. The lowest BCUT2D eigenvalue weighted by Gasteiger charge is -2.33. The molecule has 2 nitrogen and oxygen atoms in total. The number of hydrogen-bond donors (Lipinski definition) is 0. The first-order chi connectivity index (χ1) is 10.9. The molecule has 0 saturated carbocycles. The van der Waals surface area contributed by atoms with Crippen LogP contribution in [0.2, 0.25) is 0 Å². The number of fused-ring (bicyclic) bond motifs is 1. The van der Waals surface area contributed by atoms with Crippen molar-refractivity contribution in [1.82, 2.24) is 4.90 Å². The molecule has 0 N–H and O–H groups in total. The van der Waals surface area contributed by atoms with Gasteiger partial charge in [-0.15, -0.1) is 0 Å². The molecule has 3 rings (SSSR count). The molecule has 5 heteroatoms. The Bertz CT molecular complexity index is 684. The van der Waals surface area contributed by atoms with E-state index in [1.54, 1.807) is 6.07 Å². The van der Waals surface area contributed by atoms with Crippen molar-refractivity contribution < 1.29 is 17.9 Å². The van der Waals surface area contributed by atoms with Gasteiger partial charge in [-0.1, -0.05) is 36.4 Å². The molecule has 0 amide bonds. The SMILES string of the molecule is CN(Cc1cccc(C(F)(F)F)c1)C1CCOc2ccccc21. The van der Waals surface area contributed by atoms with Crippen molar-refractivity contribution >= 4 is 0 Å². The molecular weight excluding hydrogens is 303 g/mol. The Kier molecular flexibility index (Phi) is 4.31. The van der Waals surface area contributed by atoms with Gasteiger partial charge < -0.3 is 4.74 Å². The van der Waals surface area contributed by atoms with E-state index in [0.717, 1.165) is 23.8 Å². The molecule has 0 radical (unpaired) electrons. The highest BCUT2D eigenvalue weighted by atomic mass is 19.4. The Morgan fingerprint density at radius 3 is 2.70 bits per heavy atom. The van der Waals surface area contributed by atoms with Crippen LogP contribution in [-0.2, 0) is 12.7 Å². The van der Waals surface area contributed by atoms with Gasteiger partial charge in [-0.3, -0.25) is 4.90 Å². The summed E-state index contributed by atoms with van der Waals surface area (Å²) in [5.41, 5.74) is 1.15. The Balaban J connectivity index is 1.79. The van der Waals surface area contributed by atoms with Gasteiger partial charge >= 0.3 is 6.18 Å². The van der Waals surface area contributed by atoms with Crippen molar-refractivity contribution in [2.24, 2.45) is 0 Å². The van der Waals surface area contributed by atoms with Crippen LogP contribution in [0, 0.1) is 0 Å². The molecule has 1 atom stereocenters. The van der Waals surface area contributed by atoms with Gasteiger partial charge in [0.1, 0.15) is 5.75 Å². The lowest BCUT2D eigenvalue weighted by atomic mass is 9.98. The molecule has 122 valence electrons. The van der Waals surface area contributed by atoms with Gasteiger partial charge in [0.05, 0.1) is 12.2 Å². The standard InChI is InChI=1S/C18H18F3NO/c1-22(12-13-5-4-6-14(11-13)18(19,20)21)16-9-10-23-17-8-3-2-7-15(16)17/h2-8,11,16H,9-10,12H2,1H3. The van der Waals surface area contributed by atoms with Crippen molar-refractivity contribution in [3.63, 3.8) is 0 Å². The van der Waals surface area contributed by atoms with Crippen LogP contribution in [0.5, 0.6) is 5.75 Å². The number of ether oxygens (including phenoxy) is 1. The number of nitrogens with zero attached hydrogens (tertiary/aromatic N) is 1. The lowest BCUT2D eigenvalue weighted by molar-refractivity contribution is -0.137. The topological polar surface area (TPSA) is 12.5 Å². The Morgan fingerprint density at radius 2 is 1.91 bits per heavy atom. The fourth-order valence-electron chi connectivity index (χ4n) is 3.03. The number of alkyl halides is 3. The summed E-state index contributed by atoms with van der Waals surface area (Å²) in [5, 5.41) is 0. The largest absolute Gasteiger partial charge is 0.493 e. The van der Waals surface area contributed by atoms with Gasteiger partial charge in [0.15, 0.2) is 0 Å². The Labute approximate surface area is 133 Å². The summed E-state index contributed by atoms with van der Waals surface area (Å²) in [6.45, 7) is 1.08. The fraction of sp³-hybridized carbons (Fsp3) is 0.333.